The van der Waals surface area contributed by atoms with Crippen LogP contribution in [0.1, 0.15) is 50.3 Å². The molecule has 0 unspecified atom stereocenters. The van der Waals surface area contributed by atoms with Crippen molar-refractivity contribution in [1.82, 2.24) is 5.32 Å². The molecule has 1 aromatic carbocycles. The monoisotopic (exact) mass is 356 g/mol. The molecule has 1 fully saturated rings. The van der Waals surface area contributed by atoms with Crippen LogP contribution in [0.15, 0.2) is 35.9 Å². The Kier molecular flexibility index (Phi) is 5.08. The van der Waals surface area contributed by atoms with Gasteiger partial charge >= 0.3 is 12.0 Å². The normalized spacial score (nSPS) is 24.0. The highest BCUT2D eigenvalue weighted by Crippen LogP contribution is 2.59. The average molecular weight is 356 g/mol. The summed E-state index contributed by atoms with van der Waals surface area (Å²) >= 11 is 0. The van der Waals surface area contributed by atoms with Crippen LogP contribution in [-0.2, 0) is 9.53 Å². The van der Waals surface area contributed by atoms with E-state index in [9.17, 15) is 9.59 Å². The van der Waals surface area contributed by atoms with Gasteiger partial charge in [-0.2, -0.15) is 0 Å². The second-order valence-corrected chi connectivity index (χ2v) is 8.10. The topological polar surface area (TPSA) is 81.4 Å². The van der Waals surface area contributed by atoms with Crippen molar-refractivity contribution in [3.63, 3.8) is 0 Å². The van der Waals surface area contributed by atoms with E-state index in [1.54, 1.807) is 0 Å². The van der Waals surface area contributed by atoms with Gasteiger partial charge in [-0.3, -0.25) is 4.79 Å². The smallest absolute Gasteiger partial charge is 0.312 e. The zero-order valence-electron chi connectivity index (χ0n) is 15.7. The Labute approximate surface area is 155 Å². The molecule has 0 aromatic heterocycles. The highest BCUT2D eigenvalue weighted by atomic mass is 16.5. The van der Waals surface area contributed by atoms with Gasteiger partial charge < -0.3 is 15.8 Å². The zero-order chi connectivity index (χ0) is 18.9. The van der Waals surface area contributed by atoms with Gasteiger partial charge in [-0.05, 0) is 53.7 Å². The lowest BCUT2D eigenvalue weighted by Crippen LogP contribution is -2.48. The Morgan fingerprint density at radius 3 is 2.69 bits per heavy atom. The summed E-state index contributed by atoms with van der Waals surface area (Å²) in [5.41, 5.74) is 8.71. The maximum atomic E-state index is 12.4. The molecule has 3 aliphatic rings. The number of allylic oxidation sites excluding steroid dienone is 1. The summed E-state index contributed by atoms with van der Waals surface area (Å²) < 4.78 is 5.54. The molecule has 3 N–H and O–H groups in total. The van der Waals surface area contributed by atoms with E-state index in [1.807, 2.05) is 31.2 Å². The Hall–Kier alpha value is -2.30. The number of esters is 1. The molecule has 2 amide bonds. The van der Waals surface area contributed by atoms with E-state index >= 15 is 0 Å². The lowest BCUT2D eigenvalue weighted by Gasteiger charge is -2.56. The molecule has 4 rings (SSSR count). The van der Waals surface area contributed by atoms with E-state index in [0.29, 0.717) is 17.9 Å². The highest BCUT2D eigenvalue weighted by molar-refractivity contribution is 5.75. The molecule has 5 nitrogen and oxygen atoms in total. The Bertz CT molecular complexity index is 739. The van der Waals surface area contributed by atoms with E-state index < -0.39 is 12.1 Å². The first-order valence-electron chi connectivity index (χ1n) is 9.25. The van der Waals surface area contributed by atoms with Gasteiger partial charge in [0.05, 0.1) is 12.5 Å². The maximum Gasteiger partial charge on any atom is 0.312 e. The number of nitrogens with two attached hydrogens (primary N) is 1. The van der Waals surface area contributed by atoms with E-state index in [0.717, 1.165) is 23.5 Å². The van der Waals surface area contributed by atoms with Crippen molar-refractivity contribution in [2.75, 3.05) is 6.61 Å². The summed E-state index contributed by atoms with van der Waals surface area (Å²) in [6, 6.07) is 6.50. The summed E-state index contributed by atoms with van der Waals surface area (Å²) in [4.78, 5) is 23.8. The first kappa shape index (κ1) is 18.5. The first-order valence-corrected chi connectivity index (χ1v) is 9.25. The van der Waals surface area contributed by atoms with Gasteiger partial charge in [0.15, 0.2) is 0 Å². The molecular formula is C21H28N2O3. The third-order valence-electron chi connectivity index (χ3n) is 6.23. The van der Waals surface area contributed by atoms with Crippen molar-refractivity contribution < 1.29 is 14.3 Å². The van der Waals surface area contributed by atoms with Crippen molar-refractivity contribution in [2.24, 2.45) is 23.0 Å². The fourth-order valence-electron chi connectivity index (χ4n) is 4.42. The van der Waals surface area contributed by atoms with Crippen molar-refractivity contribution in [3.05, 3.63) is 47.0 Å². The number of hydrogen-bond donors (Lipinski definition) is 2. The van der Waals surface area contributed by atoms with Gasteiger partial charge in [0, 0.05) is 0 Å². The van der Waals surface area contributed by atoms with E-state index in [1.165, 1.54) is 12.0 Å². The van der Waals surface area contributed by atoms with Crippen LogP contribution in [-0.4, -0.2) is 18.6 Å². The van der Waals surface area contributed by atoms with Crippen molar-refractivity contribution in [2.45, 2.75) is 46.1 Å². The van der Waals surface area contributed by atoms with Crippen molar-refractivity contribution in [3.8, 4) is 0 Å². The van der Waals surface area contributed by atoms with Crippen LogP contribution in [0.3, 0.4) is 0 Å². The molecule has 0 radical (unpaired) electrons. The largest absolute Gasteiger partial charge is 0.461 e. The molecule has 3 atom stereocenters. The number of benzene rings is 1. The average Bonchev–Trinajstić information content (AvgIpc) is 2.59. The lowest BCUT2D eigenvalue weighted by molar-refractivity contribution is -0.144. The third-order valence-corrected chi connectivity index (χ3v) is 6.23. The molecule has 0 aliphatic heterocycles. The van der Waals surface area contributed by atoms with Crippen molar-refractivity contribution in [1.29, 1.82) is 0 Å². The van der Waals surface area contributed by atoms with Crippen molar-refractivity contribution >= 4 is 12.0 Å². The molecule has 0 spiro atoms. The lowest BCUT2D eigenvalue weighted by atomic mass is 9.49. The number of ether oxygens (including phenoxy) is 1. The molecule has 1 saturated carbocycles. The summed E-state index contributed by atoms with van der Waals surface area (Å²) in [5, 5.41) is 2.66. The molecule has 0 saturated heterocycles. The number of rotatable bonds is 6. The predicted octanol–water partition coefficient (Wildman–Crippen LogP) is 3.63. The fourth-order valence-corrected chi connectivity index (χ4v) is 4.42. The maximum absolute atomic E-state index is 12.4. The second-order valence-electron chi connectivity index (χ2n) is 8.10. The van der Waals surface area contributed by atoms with Crippen LogP contribution >= 0.6 is 0 Å². The summed E-state index contributed by atoms with van der Waals surface area (Å²) in [7, 11) is 0. The fraction of sp³-hybridized carbons (Fsp3) is 0.524. The Morgan fingerprint density at radius 1 is 1.35 bits per heavy atom. The minimum Gasteiger partial charge on any atom is -0.461 e. The van der Waals surface area contributed by atoms with Crippen LogP contribution in [0.25, 0.3) is 0 Å². The number of nitrogens with one attached hydrogen (secondary N) is 1. The molecular weight excluding hydrogens is 328 g/mol. The Balaban J connectivity index is 1.61. The van der Waals surface area contributed by atoms with Crippen LogP contribution in [0, 0.1) is 24.2 Å². The Morgan fingerprint density at radius 2 is 2.08 bits per heavy atom. The number of amides is 2. The van der Waals surface area contributed by atoms with E-state index in [4.69, 9.17) is 10.5 Å². The van der Waals surface area contributed by atoms with Gasteiger partial charge in [-0.1, -0.05) is 44.2 Å². The molecule has 1 aromatic rings. The molecule has 140 valence electrons. The van der Waals surface area contributed by atoms with E-state index in [2.05, 4.69) is 25.2 Å². The number of carbonyl (C=O) groups is 2. The minimum absolute atomic E-state index is 0.0672. The standard InChI is InChI=1S/C21H28N2O3/c1-13-6-4-5-7-16(13)18(23-20(22)25)11-19(24)26-12-14-8-9-15-10-17(14)21(15,2)3/h4-8,15,17-18H,9-12H2,1-3H3,(H3,22,23,25)/t15-,17-,18+/m0/s1. The van der Waals surface area contributed by atoms with Gasteiger partial charge in [-0.15, -0.1) is 0 Å². The number of urea groups is 1. The number of fused-ring (bicyclic) bond motifs is 1. The quantitative estimate of drug-likeness (QED) is 0.603. The number of primary amides is 1. The van der Waals surface area contributed by atoms with Gasteiger partial charge in [0.1, 0.15) is 6.61 Å². The third kappa shape index (κ3) is 3.62. The molecule has 0 heterocycles. The summed E-state index contributed by atoms with van der Waals surface area (Å²) in [6.45, 7) is 6.88. The first-order chi connectivity index (χ1) is 12.3. The van der Waals surface area contributed by atoms with Crippen LogP contribution in [0.4, 0.5) is 4.79 Å². The van der Waals surface area contributed by atoms with E-state index in [-0.39, 0.29) is 12.4 Å². The molecule has 26 heavy (non-hydrogen) atoms. The summed E-state index contributed by atoms with van der Waals surface area (Å²) in [5.74, 6) is 0.953. The van der Waals surface area contributed by atoms with Gasteiger partial charge in [-0.25, -0.2) is 4.79 Å². The predicted molar refractivity (Wildman–Crippen MR) is 100 cm³/mol. The SMILES string of the molecule is Cc1ccccc1[C@@H](CC(=O)OCC1=CC[C@H]2C[C@@H]1C2(C)C)NC(N)=O. The molecule has 5 heteroatoms. The van der Waals surface area contributed by atoms with Crippen LogP contribution in [0.2, 0.25) is 0 Å². The minimum atomic E-state index is -0.650. The number of aryl methyl sites for hydroxylation is 1. The van der Waals surface area contributed by atoms with Gasteiger partial charge in [0.25, 0.3) is 0 Å². The molecule has 3 aliphatic carbocycles. The number of hydrogen-bond acceptors (Lipinski definition) is 3. The van der Waals surface area contributed by atoms with Crippen LogP contribution < -0.4 is 11.1 Å². The van der Waals surface area contributed by atoms with Crippen LogP contribution in [0.5, 0.6) is 0 Å². The second kappa shape index (κ2) is 7.14. The highest BCUT2D eigenvalue weighted by Gasteiger charge is 2.51. The number of carbonyl (C=O) groups excluding carboxylic acids is 2. The van der Waals surface area contributed by atoms with Gasteiger partial charge in [0.2, 0.25) is 0 Å². The zero-order valence-corrected chi connectivity index (χ0v) is 15.7. The molecule has 2 bridgehead atoms. The summed E-state index contributed by atoms with van der Waals surface area (Å²) in [6.07, 6.45) is 4.58.